The Morgan fingerprint density at radius 3 is 2.58 bits per heavy atom. The van der Waals surface area contributed by atoms with Crippen molar-refractivity contribution in [2.45, 2.75) is 19.9 Å². The summed E-state index contributed by atoms with van der Waals surface area (Å²) in [6.45, 7) is 6.45. The topological polar surface area (TPSA) is 65.7 Å². The van der Waals surface area contributed by atoms with Crippen molar-refractivity contribution in [2.75, 3.05) is 31.1 Å². The summed E-state index contributed by atoms with van der Waals surface area (Å²) in [6.07, 6.45) is 2.87. The van der Waals surface area contributed by atoms with E-state index in [1.54, 1.807) is 6.26 Å². The van der Waals surface area contributed by atoms with Gasteiger partial charge in [0.1, 0.15) is 12.0 Å². The molecule has 1 atom stereocenters. The number of oxazole rings is 1. The monoisotopic (exact) mass is 531 g/mol. The highest BCUT2D eigenvalue weighted by Gasteiger charge is 2.22. The molecule has 0 bridgehead atoms. The second kappa shape index (κ2) is 11.7. The Labute approximate surface area is 201 Å². The molecule has 6 nitrogen and oxygen atoms in total. The van der Waals surface area contributed by atoms with Crippen molar-refractivity contribution < 1.29 is 4.42 Å². The number of guanidine groups is 1. The van der Waals surface area contributed by atoms with E-state index in [1.165, 1.54) is 12.1 Å². The number of anilines is 1. The van der Waals surface area contributed by atoms with Gasteiger partial charge in [-0.15, -0.1) is 24.0 Å². The number of benzene rings is 2. The Kier molecular flexibility index (Phi) is 8.75. The maximum absolute atomic E-state index is 5.61. The maximum Gasteiger partial charge on any atom is 0.226 e. The third kappa shape index (κ3) is 6.46. The van der Waals surface area contributed by atoms with E-state index in [4.69, 9.17) is 4.42 Å². The molecule has 0 radical (unpaired) electrons. The minimum atomic E-state index is 0. The zero-order valence-electron chi connectivity index (χ0n) is 17.8. The predicted molar refractivity (Wildman–Crippen MR) is 137 cm³/mol. The van der Waals surface area contributed by atoms with E-state index in [9.17, 15) is 0 Å². The van der Waals surface area contributed by atoms with Crippen LogP contribution >= 0.6 is 24.0 Å². The van der Waals surface area contributed by atoms with E-state index in [1.807, 2.05) is 30.3 Å². The highest BCUT2D eigenvalue weighted by Crippen LogP contribution is 2.23. The fourth-order valence-electron chi connectivity index (χ4n) is 3.71. The van der Waals surface area contributed by atoms with Gasteiger partial charge in [0, 0.05) is 37.4 Å². The number of hydrogen-bond donors (Lipinski definition) is 2. The molecule has 2 N–H and O–H groups in total. The van der Waals surface area contributed by atoms with Crippen LogP contribution < -0.4 is 15.5 Å². The highest BCUT2D eigenvalue weighted by atomic mass is 127. The molecule has 3 aromatic rings. The van der Waals surface area contributed by atoms with Crippen molar-refractivity contribution in [2.24, 2.45) is 10.9 Å². The van der Waals surface area contributed by atoms with E-state index < -0.39 is 0 Å². The van der Waals surface area contributed by atoms with Crippen molar-refractivity contribution in [3.05, 3.63) is 72.6 Å². The average Bonchev–Trinajstić information content (AvgIpc) is 3.47. The van der Waals surface area contributed by atoms with E-state index in [0.717, 1.165) is 43.4 Å². The van der Waals surface area contributed by atoms with E-state index in [2.05, 4.69) is 62.8 Å². The number of aliphatic imine (C=N–C) groups is 1. The van der Waals surface area contributed by atoms with Crippen LogP contribution in [0.25, 0.3) is 11.5 Å². The van der Waals surface area contributed by atoms with Crippen LogP contribution in [-0.4, -0.2) is 37.1 Å². The second-order valence-corrected chi connectivity index (χ2v) is 7.52. The highest BCUT2D eigenvalue weighted by molar-refractivity contribution is 14.0. The Morgan fingerprint density at radius 2 is 1.84 bits per heavy atom. The number of para-hydroxylation sites is 1. The number of aromatic nitrogens is 1. The quantitative estimate of drug-likeness (QED) is 0.266. The van der Waals surface area contributed by atoms with Gasteiger partial charge in [-0.1, -0.05) is 36.4 Å². The molecular weight excluding hydrogens is 501 g/mol. The molecular formula is C24H30IN5O. The molecule has 164 valence electrons. The van der Waals surface area contributed by atoms with Gasteiger partial charge in [-0.3, -0.25) is 0 Å². The number of rotatable bonds is 7. The molecule has 2 heterocycles. The lowest BCUT2D eigenvalue weighted by atomic mass is 10.1. The van der Waals surface area contributed by atoms with Gasteiger partial charge in [-0.25, -0.2) is 9.98 Å². The maximum atomic E-state index is 5.61. The molecule has 2 aromatic carbocycles. The number of nitrogens with zero attached hydrogens (tertiary/aromatic N) is 3. The van der Waals surface area contributed by atoms with Gasteiger partial charge in [-0.2, -0.15) is 0 Å². The third-order valence-electron chi connectivity index (χ3n) is 5.28. The van der Waals surface area contributed by atoms with Crippen LogP contribution in [0.1, 0.15) is 19.0 Å². The number of hydrogen-bond acceptors (Lipinski definition) is 4. The van der Waals surface area contributed by atoms with Crippen LogP contribution in [0, 0.1) is 5.92 Å². The van der Waals surface area contributed by atoms with E-state index in [-0.39, 0.29) is 24.0 Å². The first kappa shape index (κ1) is 23.1. The van der Waals surface area contributed by atoms with Gasteiger partial charge >= 0.3 is 0 Å². The molecule has 1 unspecified atom stereocenters. The van der Waals surface area contributed by atoms with Crippen LogP contribution in [0.2, 0.25) is 0 Å². The molecule has 0 amide bonds. The smallest absolute Gasteiger partial charge is 0.226 e. The minimum absolute atomic E-state index is 0. The molecule has 1 fully saturated rings. The minimum Gasteiger partial charge on any atom is -0.444 e. The van der Waals surface area contributed by atoms with Gasteiger partial charge in [0.15, 0.2) is 5.96 Å². The average molecular weight is 531 g/mol. The summed E-state index contributed by atoms with van der Waals surface area (Å²) in [5.74, 6) is 2.05. The lowest BCUT2D eigenvalue weighted by Crippen LogP contribution is -2.40. The zero-order chi connectivity index (χ0) is 20.6. The van der Waals surface area contributed by atoms with Crippen molar-refractivity contribution in [1.29, 1.82) is 0 Å². The molecule has 7 heteroatoms. The van der Waals surface area contributed by atoms with Gasteiger partial charge in [-0.05, 0) is 43.5 Å². The van der Waals surface area contributed by atoms with Crippen LogP contribution in [-0.2, 0) is 6.54 Å². The Balaban J connectivity index is 0.00000272. The summed E-state index contributed by atoms with van der Waals surface area (Å²) in [7, 11) is 0. The molecule has 0 saturated carbocycles. The largest absolute Gasteiger partial charge is 0.444 e. The van der Waals surface area contributed by atoms with Crippen LogP contribution in [0.3, 0.4) is 0 Å². The molecule has 4 rings (SSSR count). The predicted octanol–water partition coefficient (Wildman–Crippen LogP) is 4.54. The van der Waals surface area contributed by atoms with Crippen LogP contribution in [0.15, 0.2) is 76.3 Å². The summed E-state index contributed by atoms with van der Waals surface area (Å²) in [5, 5.41) is 6.82. The normalized spacial score (nSPS) is 16.1. The second-order valence-electron chi connectivity index (χ2n) is 7.52. The third-order valence-corrected chi connectivity index (χ3v) is 5.28. The Morgan fingerprint density at radius 1 is 1.10 bits per heavy atom. The van der Waals surface area contributed by atoms with Gasteiger partial charge in [0.05, 0.1) is 6.54 Å². The van der Waals surface area contributed by atoms with Crippen LogP contribution in [0.4, 0.5) is 5.69 Å². The Hall–Kier alpha value is -2.55. The van der Waals surface area contributed by atoms with Gasteiger partial charge in [0.25, 0.3) is 0 Å². The first-order valence-electron chi connectivity index (χ1n) is 10.6. The molecule has 1 aliphatic rings. The fraction of sp³-hybridized carbons (Fsp3) is 0.333. The number of nitrogens with one attached hydrogen (secondary N) is 2. The SMILES string of the molecule is CCNC(=NCc1coc(-c2ccccc2)n1)NCC1CCN(c2ccccc2)C1.I. The molecule has 0 spiro atoms. The van der Waals surface area contributed by atoms with E-state index >= 15 is 0 Å². The zero-order valence-corrected chi connectivity index (χ0v) is 20.2. The van der Waals surface area contributed by atoms with Crippen molar-refractivity contribution >= 4 is 35.6 Å². The first-order chi connectivity index (χ1) is 14.8. The summed E-state index contributed by atoms with van der Waals surface area (Å²) in [6, 6.07) is 20.6. The summed E-state index contributed by atoms with van der Waals surface area (Å²) in [4.78, 5) is 11.7. The summed E-state index contributed by atoms with van der Waals surface area (Å²) >= 11 is 0. The summed E-state index contributed by atoms with van der Waals surface area (Å²) < 4.78 is 5.61. The first-order valence-corrected chi connectivity index (χ1v) is 10.6. The van der Waals surface area contributed by atoms with Gasteiger partial charge < -0.3 is 20.0 Å². The van der Waals surface area contributed by atoms with Crippen molar-refractivity contribution in [1.82, 2.24) is 15.6 Å². The standard InChI is InChI=1S/C24H29N5O.HI/c1-2-25-24(26-15-19-13-14-29(17-19)22-11-7-4-8-12-22)27-16-21-18-30-23(28-21)20-9-5-3-6-10-20;/h3-12,18-19H,2,13-17H2,1H3,(H2,25,26,27);1H. The lowest BCUT2D eigenvalue weighted by molar-refractivity contribution is 0.565. The molecule has 1 aliphatic heterocycles. The van der Waals surface area contributed by atoms with Crippen molar-refractivity contribution in [3.63, 3.8) is 0 Å². The van der Waals surface area contributed by atoms with Crippen LogP contribution in [0.5, 0.6) is 0 Å². The molecule has 1 aromatic heterocycles. The molecule has 0 aliphatic carbocycles. The number of halogens is 1. The van der Waals surface area contributed by atoms with Crippen molar-refractivity contribution in [3.8, 4) is 11.5 Å². The molecule has 31 heavy (non-hydrogen) atoms. The summed E-state index contributed by atoms with van der Waals surface area (Å²) in [5.41, 5.74) is 3.10. The van der Waals surface area contributed by atoms with E-state index in [0.29, 0.717) is 18.4 Å². The fourth-order valence-corrected chi connectivity index (χ4v) is 3.71. The lowest BCUT2D eigenvalue weighted by Gasteiger charge is -2.19. The molecule has 1 saturated heterocycles. The van der Waals surface area contributed by atoms with Gasteiger partial charge in [0.2, 0.25) is 5.89 Å². The Bertz CT molecular complexity index is 945.